The largest absolute Gasteiger partial charge is 0.0651 e. The fourth-order valence-corrected chi connectivity index (χ4v) is 1.24. The summed E-state index contributed by atoms with van der Waals surface area (Å²) < 4.78 is 0. The SMILES string of the molecule is CCC(C)C[C](C)C(C)CC. The summed E-state index contributed by atoms with van der Waals surface area (Å²) in [6, 6.07) is 0. The summed E-state index contributed by atoms with van der Waals surface area (Å²) in [6.45, 7) is 11.5. The Balaban J connectivity index is 3.58. The fraction of sp³-hybridized carbons (Fsp3) is 0.909. The monoisotopic (exact) mass is 155 g/mol. The lowest BCUT2D eigenvalue weighted by atomic mass is 9.85. The van der Waals surface area contributed by atoms with Gasteiger partial charge in [-0.05, 0) is 24.2 Å². The van der Waals surface area contributed by atoms with Crippen LogP contribution in [0.2, 0.25) is 0 Å². The van der Waals surface area contributed by atoms with E-state index in [1.54, 1.807) is 5.92 Å². The molecule has 0 saturated heterocycles. The molecule has 0 bridgehead atoms. The summed E-state index contributed by atoms with van der Waals surface area (Å²) in [5.41, 5.74) is 0. The molecule has 0 aromatic heterocycles. The lowest BCUT2D eigenvalue weighted by Gasteiger charge is -2.20. The summed E-state index contributed by atoms with van der Waals surface area (Å²) in [5, 5.41) is 0. The Morgan fingerprint density at radius 1 is 1.09 bits per heavy atom. The van der Waals surface area contributed by atoms with Crippen LogP contribution in [-0.2, 0) is 0 Å². The predicted molar refractivity (Wildman–Crippen MR) is 52.4 cm³/mol. The van der Waals surface area contributed by atoms with Crippen LogP contribution in [0.5, 0.6) is 0 Å². The zero-order valence-electron chi connectivity index (χ0n) is 8.78. The van der Waals surface area contributed by atoms with Gasteiger partial charge in [-0.3, -0.25) is 0 Å². The molecule has 0 N–H and O–H groups in total. The summed E-state index contributed by atoms with van der Waals surface area (Å²) in [5.74, 6) is 3.38. The molecule has 1 radical (unpaired) electrons. The Labute approximate surface area is 72.4 Å². The maximum Gasteiger partial charge on any atom is -0.0241 e. The van der Waals surface area contributed by atoms with Crippen molar-refractivity contribution in [3.8, 4) is 0 Å². The van der Waals surface area contributed by atoms with Crippen molar-refractivity contribution in [3.63, 3.8) is 0 Å². The van der Waals surface area contributed by atoms with Gasteiger partial charge in [-0.25, -0.2) is 0 Å². The van der Waals surface area contributed by atoms with Gasteiger partial charge in [0.15, 0.2) is 0 Å². The Morgan fingerprint density at radius 2 is 1.64 bits per heavy atom. The molecule has 67 valence electrons. The molecule has 2 unspecified atom stereocenters. The lowest BCUT2D eigenvalue weighted by molar-refractivity contribution is 0.453. The zero-order chi connectivity index (χ0) is 8.85. The average Bonchev–Trinajstić information content (AvgIpc) is 2.02. The molecule has 0 aliphatic carbocycles. The molecule has 0 rings (SSSR count). The molecular weight excluding hydrogens is 132 g/mol. The van der Waals surface area contributed by atoms with E-state index in [0.717, 1.165) is 11.8 Å². The molecule has 0 aromatic carbocycles. The van der Waals surface area contributed by atoms with Crippen molar-refractivity contribution in [2.45, 2.75) is 53.9 Å². The number of rotatable bonds is 5. The van der Waals surface area contributed by atoms with Gasteiger partial charge in [0.2, 0.25) is 0 Å². The van der Waals surface area contributed by atoms with Gasteiger partial charge in [0.1, 0.15) is 0 Å². The van der Waals surface area contributed by atoms with E-state index >= 15 is 0 Å². The molecule has 0 aliphatic rings. The van der Waals surface area contributed by atoms with Crippen molar-refractivity contribution in [2.24, 2.45) is 11.8 Å². The Kier molecular flexibility index (Phi) is 5.62. The van der Waals surface area contributed by atoms with Crippen molar-refractivity contribution in [3.05, 3.63) is 5.92 Å². The first-order valence-corrected chi connectivity index (χ1v) is 4.94. The molecule has 11 heavy (non-hydrogen) atoms. The van der Waals surface area contributed by atoms with Gasteiger partial charge >= 0.3 is 0 Å². The molecule has 0 heterocycles. The second kappa shape index (κ2) is 5.62. The van der Waals surface area contributed by atoms with E-state index in [9.17, 15) is 0 Å². The Morgan fingerprint density at radius 3 is 2.00 bits per heavy atom. The van der Waals surface area contributed by atoms with Crippen molar-refractivity contribution < 1.29 is 0 Å². The van der Waals surface area contributed by atoms with Crippen molar-refractivity contribution >= 4 is 0 Å². The van der Waals surface area contributed by atoms with Crippen LogP contribution in [0.15, 0.2) is 0 Å². The van der Waals surface area contributed by atoms with Gasteiger partial charge in [0, 0.05) is 0 Å². The first-order valence-electron chi connectivity index (χ1n) is 4.94. The van der Waals surface area contributed by atoms with Crippen LogP contribution in [0.1, 0.15) is 53.9 Å². The summed E-state index contributed by atoms with van der Waals surface area (Å²) in [6.07, 6.45) is 3.93. The molecule has 0 aliphatic heterocycles. The Hall–Kier alpha value is 0. The molecule has 2 atom stereocenters. The highest BCUT2D eigenvalue weighted by atomic mass is 14.2. The molecule has 0 spiro atoms. The summed E-state index contributed by atoms with van der Waals surface area (Å²) in [4.78, 5) is 0. The van der Waals surface area contributed by atoms with Crippen LogP contribution in [-0.4, -0.2) is 0 Å². The Bertz CT molecular complexity index is 86.0. The summed E-state index contributed by atoms with van der Waals surface area (Å²) >= 11 is 0. The normalized spacial score (nSPS) is 16.9. The van der Waals surface area contributed by atoms with E-state index in [1.165, 1.54) is 19.3 Å². The minimum absolute atomic E-state index is 0.823. The van der Waals surface area contributed by atoms with Crippen LogP contribution < -0.4 is 0 Å². The molecular formula is C11H23. The van der Waals surface area contributed by atoms with Gasteiger partial charge < -0.3 is 0 Å². The van der Waals surface area contributed by atoms with Crippen LogP contribution in [0.3, 0.4) is 0 Å². The van der Waals surface area contributed by atoms with Gasteiger partial charge in [0.05, 0.1) is 0 Å². The van der Waals surface area contributed by atoms with Gasteiger partial charge in [-0.2, -0.15) is 0 Å². The second-order valence-corrected chi connectivity index (χ2v) is 3.87. The quantitative estimate of drug-likeness (QED) is 0.561. The highest BCUT2D eigenvalue weighted by molar-refractivity contribution is 4.90. The van der Waals surface area contributed by atoms with Crippen molar-refractivity contribution in [2.75, 3.05) is 0 Å². The van der Waals surface area contributed by atoms with Gasteiger partial charge in [0.25, 0.3) is 0 Å². The molecule has 0 heteroatoms. The maximum atomic E-state index is 2.34. The summed E-state index contributed by atoms with van der Waals surface area (Å²) in [7, 11) is 0. The number of hydrogen-bond acceptors (Lipinski definition) is 0. The first kappa shape index (κ1) is 11.0. The van der Waals surface area contributed by atoms with Crippen LogP contribution in [0, 0.1) is 17.8 Å². The minimum Gasteiger partial charge on any atom is -0.0651 e. The van der Waals surface area contributed by atoms with Crippen molar-refractivity contribution in [1.29, 1.82) is 0 Å². The lowest BCUT2D eigenvalue weighted by Crippen LogP contribution is -2.08. The molecule has 0 aromatic rings. The van der Waals surface area contributed by atoms with Crippen LogP contribution in [0.4, 0.5) is 0 Å². The molecule has 0 amide bonds. The first-order chi connectivity index (χ1) is 5.11. The minimum atomic E-state index is 0.823. The average molecular weight is 155 g/mol. The third-order valence-corrected chi connectivity index (χ3v) is 2.82. The van der Waals surface area contributed by atoms with Gasteiger partial charge in [-0.15, -0.1) is 0 Å². The van der Waals surface area contributed by atoms with E-state index in [2.05, 4.69) is 34.6 Å². The number of hydrogen-bond donors (Lipinski definition) is 0. The van der Waals surface area contributed by atoms with E-state index in [-0.39, 0.29) is 0 Å². The van der Waals surface area contributed by atoms with E-state index < -0.39 is 0 Å². The highest BCUT2D eigenvalue weighted by Gasteiger charge is 2.12. The van der Waals surface area contributed by atoms with E-state index in [4.69, 9.17) is 0 Å². The topological polar surface area (TPSA) is 0 Å². The third kappa shape index (κ3) is 4.44. The smallest absolute Gasteiger partial charge is 0.0241 e. The molecule has 0 saturated carbocycles. The van der Waals surface area contributed by atoms with E-state index in [0.29, 0.717) is 0 Å². The second-order valence-electron chi connectivity index (χ2n) is 3.87. The fourth-order valence-electron chi connectivity index (χ4n) is 1.24. The van der Waals surface area contributed by atoms with E-state index in [1.807, 2.05) is 0 Å². The predicted octanol–water partition coefficient (Wildman–Crippen LogP) is 4.06. The standard InChI is InChI=1S/C11H23/c1-6-9(3)8-11(5)10(4)7-2/h9-10H,6-8H2,1-5H3. The van der Waals surface area contributed by atoms with Crippen LogP contribution in [0.25, 0.3) is 0 Å². The maximum absolute atomic E-state index is 2.34. The van der Waals surface area contributed by atoms with Crippen LogP contribution >= 0.6 is 0 Å². The third-order valence-electron chi connectivity index (χ3n) is 2.82. The van der Waals surface area contributed by atoms with Crippen molar-refractivity contribution in [1.82, 2.24) is 0 Å². The molecule has 0 fully saturated rings. The highest BCUT2D eigenvalue weighted by Crippen LogP contribution is 2.25. The molecule has 0 nitrogen and oxygen atoms in total. The zero-order valence-corrected chi connectivity index (χ0v) is 8.78. The van der Waals surface area contributed by atoms with Gasteiger partial charge in [-0.1, -0.05) is 47.5 Å².